The van der Waals surface area contributed by atoms with Gasteiger partial charge in [0.1, 0.15) is 5.69 Å². The average molecular weight is 343 g/mol. The lowest BCUT2D eigenvalue weighted by Crippen LogP contribution is -2.14. The minimum atomic E-state index is -0.259. The Hall–Kier alpha value is -2.86. The highest BCUT2D eigenvalue weighted by Gasteiger charge is 2.13. The third-order valence-electron chi connectivity index (χ3n) is 3.40. The highest BCUT2D eigenvalue weighted by molar-refractivity contribution is 6.30. The molecule has 0 fully saturated rings. The molecule has 0 aliphatic heterocycles. The topological polar surface area (TPSA) is 69.0 Å². The van der Waals surface area contributed by atoms with Gasteiger partial charge in [0.2, 0.25) is 11.8 Å². The van der Waals surface area contributed by atoms with Gasteiger partial charge in [0.05, 0.1) is 12.8 Å². The highest BCUT2D eigenvalue weighted by Crippen LogP contribution is 2.21. The first kappa shape index (κ1) is 16.0. The second-order valence-corrected chi connectivity index (χ2v) is 5.52. The highest BCUT2D eigenvalue weighted by atomic mass is 35.5. The Labute approximate surface area is 144 Å². The van der Waals surface area contributed by atoms with Crippen LogP contribution in [0, 0.1) is 0 Å². The number of amides is 1. The lowest BCUT2D eigenvalue weighted by molar-refractivity contribution is 0.102. The molecule has 24 heavy (non-hydrogen) atoms. The summed E-state index contributed by atoms with van der Waals surface area (Å²) in [6, 6.07) is 12.1. The van der Waals surface area contributed by atoms with E-state index in [1.54, 1.807) is 55.3 Å². The van der Waals surface area contributed by atoms with Crippen LogP contribution in [0.1, 0.15) is 10.4 Å². The summed E-state index contributed by atoms with van der Waals surface area (Å²) >= 11 is 5.83. The number of carbonyl (C=O) groups excluding carboxylic acids is 1. The van der Waals surface area contributed by atoms with E-state index in [1.807, 2.05) is 12.1 Å². The normalized spacial score (nSPS) is 10.5. The first-order valence-electron chi connectivity index (χ1n) is 7.18. The van der Waals surface area contributed by atoms with Crippen molar-refractivity contribution in [3.63, 3.8) is 0 Å². The zero-order chi connectivity index (χ0) is 17.1. The van der Waals surface area contributed by atoms with Crippen LogP contribution in [0.2, 0.25) is 5.02 Å². The first-order chi connectivity index (χ1) is 11.6. The van der Waals surface area contributed by atoms with Crippen LogP contribution < -0.4 is 10.1 Å². The molecule has 0 saturated carbocycles. The average Bonchev–Trinajstić information content (AvgIpc) is 2.96. The van der Waals surface area contributed by atoms with Crippen molar-refractivity contribution in [1.82, 2.24) is 14.5 Å². The number of hydrogen-bond acceptors (Lipinski definition) is 4. The number of rotatable bonds is 4. The molecule has 0 atom stereocenters. The molecule has 1 N–H and O–H groups in total. The molecule has 0 saturated heterocycles. The summed E-state index contributed by atoms with van der Waals surface area (Å²) in [7, 11) is 3.36. The zero-order valence-electron chi connectivity index (χ0n) is 13.2. The Bertz CT molecular complexity index is 875. The van der Waals surface area contributed by atoms with Gasteiger partial charge in [0, 0.05) is 29.9 Å². The van der Waals surface area contributed by atoms with Crippen molar-refractivity contribution in [2.45, 2.75) is 0 Å². The molecule has 1 aromatic carbocycles. The van der Waals surface area contributed by atoms with Crippen LogP contribution in [-0.4, -0.2) is 27.6 Å². The Morgan fingerprint density at radius 1 is 1.12 bits per heavy atom. The Balaban J connectivity index is 1.83. The number of imidazole rings is 1. The summed E-state index contributed by atoms with van der Waals surface area (Å²) in [6.45, 7) is 0. The fourth-order valence-corrected chi connectivity index (χ4v) is 2.28. The second kappa shape index (κ2) is 6.72. The van der Waals surface area contributed by atoms with Gasteiger partial charge in [-0.05, 0) is 30.3 Å². The molecule has 0 radical (unpaired) electrons. The third-order valence-corrected chi connectivity index (χ3v) is 3.66. The summed E-state index contributed by atoms with van der Waals surface area (Å²) in [4.78, 5) is 21.0. The van der Waals surface area contributed by atoms with Crippen molar-refractivity contribution < 1.29 is 9.53 Å². The number of carbonyl (C=O) groups is 1. The van der Waals surface area contributed by atoms with E-state index in [1.165, 1.54) is 0 Å². The standard InChI is InChI=1S/C17H15ClN4O2/c1-22-10-14(13-4-3-5-15(19-13)24-2)20-17(22)21-16(23)11-6-8-12(18)9-7-11/h3-10H,1-2H3,(H,20,21,23). The van der Waals surface area contributed by atoms with Crippen LogP contribution in [0.3, 0.4) is 0 Å². The van der Waals surface area contributed by atoms with Crippen molar-refractivity contribution in [1.29, 1.82) is 0 Å². The van der Waals surface area contributed by atoms with E-state index in [0.717, 1.165) is 0 Å². The molecule has 0 aliphatic rings. The molecule has 3 rings (SSSR count). The van der Waals surface area contributed by atoms with E-state index in [0.29, 0.717) is 33.8 Å². The number of pyridine rings is 1. The van der Waals surface area contributed by atoms with Gasteiger partial charge in [-0.15, -0.1) is 0 Å². The maximum absolute atomic E-state index is 12.3. The summed E-state index contributed by atoms with van der Waals surface area (Å²) in [5.74, 6) is 0.671. The van der Waals surface area contributed by atoms with Gasteiger partial charge < -0.3 is 9.30 Å². The van der Waals surface area contributed by atoms with Crippen LogP contribution in [0.4, 0.5) is 5.95 Å². The molecule has 1 amide bonds. The summed E-state index contributed by atoms with van der Waals surface area (Å²) in [5, 5.41) is 3.35. The Morgan fingerprint density at radius 2 is 1.88 bits per heavy atom. The number of aryl methyl sites for hydroxylation is 1. The number of anilines is 1. The molecule has 0 spiro atoms. The van der Waals surface area contributed by atoms with Crippen LogP contribution in [-0.2, 0) is 7.05 Å². The molecule has 0 aliphatic carbocycles. The van der Waals surface area contributed by atoms with E-state index < -0.39 is 0 Å². The number of benzene rings is 1. The summed E-state index contributed by atoms with van der Waals surface area (Å²) in [6.07, 6.45) is 1.79. The zero-order valence-corrected chi connectivity index (χ0v) is 13.9. The van der Waals surface area contributed by atoms with Gasteiger partial charge in [-0.25, -0.2) is 9.97 Å². The minimum Gasteiger partial charge on any atom is -0.481 e. The van der Waals surface area contributed by atoms with Crippen molar-refractivity contribution in [3.05, 3.63) is 59.2 Å². The first-order valence-corrected chi connectivity index (χ1v) is 7.56. The number of nitrogens with zero attached hydrogens (tertiary/aromatic N) is 3. The molecule has 2 heterocycles. The second-order valence-electron chi connectivity index (χ2n) is 5.09. The number of halogens is 1. The monoisotopic (exact) mass is 342 g/mol. The maximum atomic E-state index is 12.3. The summed E-state index contributed by atoms with van der Waals surface area (Å²) in [5.41, 5.74) is 1.81. The molecule has 7 heteroatoms. The van der Waals surface area contributed by atoms with Gasteiger partial charge in [0.15, 0.2) is 0 Å². The van der Waals surface area contributed by atoms with Crippen LogP contribution >= 0.6 is 11.6 Å². The molecular formula is C17H15ClN4O2. The number of methoxy groups -OCH3 is 1. The Morgan fingerprint density at radius 3 is 2.58 bits per heavy atom. The fourth-order valence-electron chi connectivity index (χ4n) is 2.15. The van der Waals surface area contributed by atoms with E-state index in [-0.39, 0.29) is 5.91 Å². The largest absolute Gasteiger partial charge is 0.481 e. The van der Waals surface area contributed by atoms with Crippen LogP contribution in [0.5, 0.6) is 5.88 Å². The molecule has 2 aromatic heterocycles. The van der Waals surface area contributed by atoms with E-state index in [4.69, 9.17) is 16.3 Å². The van der Waals surface area contributed by atoms with Crippen molar-refractivity contribution >= 4 is 23.5 Å². The van der Waals surface area contributed by atoms with Crippen LogP contribution in [0.15, 0.2) is 48.7 Å². The molecule has 3 aromatic rings. The fraction of sp³-hybridized carbons (Fsp3) is 0.118. The number of nitrogens with one attached hydrogen (secondary N) is 1. The lowest BCUT2D eigenvalue weighted by Gasteiger charge is -2.04. The maximum Gasteiger partial charge on any atom is 0.257 e. The van der Waals surface area contributed by atoms with Crippen molar-refractivity contribution in [2.75, 3.05) is 12.4 Å². The lowest BCUT2D eigenvalue weighted by atomic mass is 10.2. The van der Waals surface area contributed by atoms with Gasteiger partial charge >= 0.3 is 0 Å². The Kier molecular flexibility index (Phi) is 4.48. The molecule has 0 bridgehead atoms. The van der Waals surface area contributed by atoms with Gasteiger partial charge in [0.25, 0.3) is 5.91 Å². The van der Waals surface area contributed by atoms with Gasteiger partial charge in [-0.1, -0.05) is 17.7 Å². The third kappa shape index (κ3) is 3.38. The van der Waals surface area contributed by atoms with Crippen molar-refractivity contribution in [3.8, 4) is 17.3 Å². The molecular weight excluding hydrogens is 328 g/mol. The SMILES string of the molecule is COc1cccc(-c2cn(C)c(NC(=O)c3ccc(Cl)cc3)n2)n1. The van der Waals surface area contributed by atoms with E-state index in [9.17, 15) is 4.79 Å². The van der Waals surface area contributed by atoms with Crippen LogP contribution in [0.25, 0.3) is 11.4 Å². The molecule has 122 valence electrons. The predicted molar refractivity (Wildman–Crippen MR) is 92.4 cm³/mol. The number of hydrogen-bond donors (Lipinski definition) is 1. The quantitative estimate of drug-likeness (QED) is 0.789. The van der Waals surface area contributed by atoms with Gasteiger partial charge in [-0.3, -0.25) is 10.1 Å². The van der Waals surface area contributed by atoms with Gasteiger partial charge in [-0.2, -0.15) is 0 Å². The molecule has 0 unspecified atom stereocenters. The smallest absolute Gasteiger partial charge is 0.257 e. The summed E-state index contributed by atoms with van der Waals surface area (Å²) < 4.78 is 6.85. The molecule has 6 nitrogen and oxygen atoms in total. The van der Waals surface area contributed by atoms with E-state index in [2.05, 4.69) is 15.3 Å². The predicted octanol–water partition coefficient (Wildman–Crippen LogP) is 3.40. The number of aromatic nitrogens is 3. The number of ether oxygens (including phenoxy) is 1. The minimum absolute atomic E-state index is 0.259. The van der Waals surface area contributed by atoms with E-state index >= 15 is 0 Å². The van der Waals surface area contributed by atoms with Crippen molar-refractivity contribution in [2.24, 2.45) is 7.05 Å².